The molecule has 0 heterocycles. The second-order valence-corrected chi connectivity index (χ2v) is 6.67. The first-order chi connectivity index (χ1) is 12.0. The van der Waals surface area contributed by atoms with Gasteiger partial charge in [-0.05, 0) is 32.0 Å². The number of benzene rings is 1. The monoisotopic (exact) mass is 347 g/mol. The molecule has 2 rings (SSSR count). The molecule has 0 bridgehead atoms. The van der Waals surface area contributed by atoms with E-state index < -0.39 is 11.4 Å². The van der Waals surface area contributed by atoms with Gasteiger partial charge in [0.1, 0.15) is 12.1 Å². The molecule has 5 nitrogen and oxygen atoms in total. The fourth-order valence-corrected chi connectivity index (χ4v) is 3.19. The predicted molar refractivity (Wildman–Crippen MR) is 93.6 cm³/mol. The number of ether oxygens (including phenoxy) is 1. The summed E-state index contributed by atoms with van der Waals surface area (Å²) in [7, 11) is 3.54. The normalized spacial score (nSPS) is 16.3. The van der Waals surface area contributed by atoms with Crippen molar-refractivity contribution in [2.75, 3.05) is 33.8 Å². The largest absolute Gasteiger partial charge is 0.489 e. The zero-order chi connectivity index (χ0) is 18.3. The van der Waals surface area contributed by atoms with Crippen molar-refractivity contribution in [2.24, 2.45) is 0 Å². The van der Waals surface area contributed by atoms with E-state index in [2.05, 4.69) is 6.07 Å². The van der Waals surface area contributed by atoms with Crippen molar-refractivity contribution in [3.8, 4) is 11.8 Å². The Bertz CT molecular complexity index is 623. The second-order valence-electron chi connectivity index (χ2n) is 6.67. The first-order valence-corrected chi connectivity index (χ1v) is 8.72. The minimum atomic E-state index is -0.667. The van der Waals surface area contributed by atoms with E-state index in [1.54, 1.807) is 30.1 Å². The average Bonchev–Trinajstić information content (AvgIpc) is 2.63. The van der Waals surface area contributed by atoms with E-state index in [-0.39, 0.29) is 24.8 Å². The van der Waals surface area contributed by atoms with Crippen LogP contribution in [-0.2, 0) is 4.79 Å². The van der Waals surface area contributed by atoms with Crippen LogP contribution in [0.2, 0.25) is 0 Å². The summed E-state index contributed by atoms with van der Waals surface area (Å²) in [6.45, 7) is 0.992. The van der Waals surface area contributed by atoms with Gasteiger partial charge in [-0.2, -0.15) is 5.26 Å². The first-order valence-electron chi connectivity index (χ1n) is 8.72. The molecule has 1 fully saturated rings. The first kappa shape index (κ1) is 19.2. The van der Waals surface area contributed by atoms with Crippen LogP contribution in [0.1, 0.15) is 32.1 Å². The van der Waals surface area contributed by atoms with Gasteiger partial charge in [0.25, 0.3) is 0 Å². The fourth-order valence-electron chi connectivity index (χ4n) is 3.19. The second kappa shape index (κ2) is 8.82. The lowest BCUT2D eigenvalue weighted by Crippen LogP contribution is -2.52. The van der Waals surface area contributed by atoms with Crippen molar-refractivity contribution in [3.63, 3.8) is 0 Å². The zero-order valence-corrected chi connectivity index (χ0v) is 15.0. The summed E-state index contributed by atoms with van der Waals surface area (Å²) in [6.07, 6.45) is 4.57. The van der Waals surface area contributed by atoms with Gasteiger partial charge >= 0.3 is 0 Å². The minimum Gasteiger partial charge on any atom is -0.489 e. The molecule has 1 aliphatic rings. The average molecular weight is 347 g/mol. The molecule has 1 amide bonds. The zero-order valence-electron chi connectivity index (χ0n) is 15.0. The van der Waals surface area contributed by atoms with E-state index in [0.717, 1.165) is 32.1 Å². The molecule has 25 heavy (non-hydrogen) atoms. The van der Waals surface area contributed by atoms with Gasteiger partial charge in [-0.25, -0.2) is 4.39 Å². The van der Waals surface area contributed by atoms with Crippen molar-refractivity contribution in [1.82, 2.24) is 9.80 Å². The lowest BCUT2D eigenvalue weighted by molar-refractivity contribution is -0.135. The molecule has 0 aromatic heterocycles. The number of carbonyl (C=O) groups excluding carboxylic acids is 1. The van der Waals surface area contributed by atoms with Gasteiger partial charge in [0.05, 0.1) is 12.6 Å². The molecule has 1 aliphatic carbocycles. The molecule has 1 aromatic carbocycles. The van der Waals surface area contributed by atoms with E-state index in [1.165, 1.54) is 6.07 Å². The third-order valence-corrected chi connectivity index (χ3v) is 4.88. The number of halogens is 1. The van der Waals surface area contributed by atoms with Crippen LogP contribution in [0.5, 0.6) is 5.75 Å². The molecule has 0 aliphatic heterocycles. The number of para-hydroxylation sites is 1. The van der Waals surface area contributed by atoms with Crippen molar-refractivity contribution >= 4 is 5.91 Å². The Morgan fingerprint density at radius 1 is 1.28 bits per heavy atom. The lowest BCUT2D eigenvalue weighted by atomic mass is 9.81. The molecule has 6 heteroatoms. The van der Waals surface area contributed by atoms with Crippen LogP contribution in [0.25, 0.3) is 0 Å². The van der Waals surface area contributed by atoms with Crippen LogP contribution in [0, 0.1) is 17.1 Å². The van der Waals surface area contributed by atoms with Gasteiger partial charge in [0.15, 0.2) is 11.6 Å². The highest BCUT2D eigenvalue weighted by Gasteiger charge is 2.38. The number of nitrogens with zero attached hydrogens (tertiary/aromatic N) is 3. The van der Waals surface area contributed by atoms with Gasteiger partial charge in [-0.1, -0.05) is 31.4 Å². The molecule has 1 saturated carbocycles. The molecular weight excluding hydrogens is 321 g/mol. The van der Waals surface area contributed by atoms with Crippen LogP contribution < -0.4 is 4.74 Å². The van der Waals surface area contributed by atoms with E-state index in [1.807, 2.05) is 11.9 Å². The Kier molecular flexibility index (Phi) is 6.77. The molecule has 0 radical (unpaired) electrons. The van der Waals surface area contributed by atoms with Crippen LogP contribution in [0.4, 0.5) is 4.39 Å². The highest BCUT2D eigenvalue weighted by atomic mass is 19.1. The molecular formula is C19H26FN3O2. The third kappa shape index (κ3) is 4.93. The number of rotatable bonds is 7. The maximum atomic E-state index is 13.5. The fraction of sp³-hybridized carbons (Fsp3) is 0.579. The Morgan fingerprint density at radius 3 is 2.60 bits per heavy atom. The Morgan fingerprint density at radius 2 is 1.96 bits per heavy atom. The van der Waals surface area contributed by atoms with Crippen LogP contribution >= 0.6 is 0 Å². The molecule has 0 unspecified atom stereocenters. The van der Waals surface area contributed by atoms with Gasteiger partial charge in [-0.3, -0.25) is 9.69 Å². The Labute approximate surface area is 149 Å². The molecule has 0 spiro atoms. The smallest absolute Gasteiger partial charge is 0.237 e. The van der Waals surface area contributed by atoms with Crippen molar-refractivity contribution < 1.29 is 13.9 Å². The molecule has 0 saturated heterocycles. The predicted octanol–water partition coefficient (Wildman–Crippen LogP) is 2.82. The number of hydrogen-bond donors (Lipinski definition) is 0. The third-order valence-electron chi connectivity index (χ3n) is 4.88. The van der Waals surface area contributed by atoms with Gasteiger partial charge in [-0.15, -0.1) is 0 Å². The Balaban J connectivity index is 1.81. The molecule has 0 N–H and O–H groups in total. The van der Waals surface area contributed by atoms with E-state index in [9.17, 15) is 14.4 Å². The quantitative estimate of drug-likeness (QED) is 0.761. The SMILES string of the molecule is CN(CCOc1ccccc1F)CC(=O)N(C)C1(C#N)CCCCC1. The highest BCUT2D eigenvalue weighted by molar-refractivity contribution is 5.79. The number of amides is 1. The highest BCUT2D eigenvalue weighted by Crippen LogP contribution is 2.32. The summed E-state index contributed by atoms with van der Waals surface area (Å²) in [5.74, 6) is -0.254. The summed E-state index contributed by atoms with van der Waals surface area (Å²) < 4.78 is 18.9. The van der Waals surface area contributed by atoms with E-state index in [0.29, 0.717) is 6.54 Å². The van der Waals surface area contributed by atoms with Gasteiger partial charge in [0.2, 0.25) is 5.91 Å². The summed E-state index contributed by atoms with van der Waals surface area (Å²) in [6, 6.07) is 8.61. The van der Waals surface area contributed by atoms with Crippen LogP contribution in [-0.4, -0.2) is 55.0 Å². The van der Waals surface area contributed by atoms with Gasteiger partial charge < -0.3 is 9.64 Å². The number of carbonyl (C=O) groups is 1. The summed E-state index contributed by atoms with van der Waals surface area (Å²) in [4.78, 5) is 16.0. The summed E-state index contributed by atoms with van der Waals surface area (Å²) >= 11 is 0. The number of nitriles is 1. The van der Waals surface area contributed by atoms with Crippen molar-refractivity contribution in [2.45, 2.75) is 37.6 Å². The van der Waals surface area contributed by atoms with Crippen LogP contribution in [0.3, 0.4) is 0 Å². The molecule has 0 atom stereocenters. The lowest BCUT2D eigenvalue weighted by Gasteiger charge is -2.39. The van der Waals surface area contributed by atoms with E-state index in [4.69, 9.17) is 4.74 Å². The van der Waals surface area contributed by atoms with Crippen LogP contribution in [0.15, 0.2) is 24.3 Å². The number of likely N-dealkylation sites (N-methyl/N-ethyl adjacent to an activating group) is 2. The minimum absolute atomic E-state index is 0.0724. The number of hydrogen-bond acceptors (Lipinski definition) is 4. The summed E-state index contributed by atoms with van der Waals surface area (Å²) in [5, 5.41) is 9.58. The topological polar surface area (TPSA) is 56.6 Å². The maximum absolute atomic E-state index is 13.5. The molecule has 1 aromatic rings. The van der Waals surface area contributed by atoms with Gasteiger partial charge in [0, 0.05) is 13.6 Å². The van der Waals surface area contributed by atoms with E-state index >= 15 is 0 Å². The van der Waals surface area contributed by atoms with Crippen molar-refractivity contribution in [1.29, 1.82) is 5.26 Å². The standard InChI is InChI=1S/C19H26FN3O2/c1-22(12-13-25-17-9-5-4-8-16(17)20)14-18(24)23(2)19(15-21)10-6-3-7-11-19/h4-5,8-9H,3,6-7,10-14H2,1-2H3. The van der Waals surface area contributed by atoms with Crippen molar-refractivity contribution in [3.05, 3.63) is 30.1 Å². The Hall–Kier alpha value is -2.13. The molecule has 136 valence electrons. The summed E-state index contributed by atoms with van der Waals surface area (Å²) in [5.41, 5.74) is -0.667. The maximum Gasteiger partial charge on any atom is 0.237 e.